The molecule has 1 amide bonds. The Kier molecular flexibility index (Phi) is 4.54. The van der Waals surface area contributed by atoms with Gasteiger partial charge in [0, 0.05) is 19.5 Å². The second-order valence-electron chi connectivity index (χ2n) is 8.27. The molecule has 2 aliphatic heterocycles. The third-order valence-corrected chi connectivity index (χ3v) is 6.06. The van der Waals surface area contributed by atoms with E-state index < -0.39 is 0 Å². The summed E-state index contributed by atoms with van der Waals surface area (Å²) in [6, 6.07) is 12.1. The van der Waals surface area contributed by atoms with Gasteiger partial charge in [-0.15, -0.1) is 0 Å². The maximum atomic E-state index is 13.1. The van der Waals surface area contributed by atoms with E-state index in [2.05, 4.69) is 32.9 Å². The lowest BCUT2D eigenvalue weighted by Gasteiger charge is -2.28. The highest BCUT2D eigenvalue weighted by molar-refractivity contribution is 5.91. The highest BCUT2D eigenvalue weighted by Gasteiger charge is 2.27. The molecule has 0 atom stereocenters. The van der Waals surface area contributed by atoms with Gasteiger partial charge in [0.05, 0.1) is 0 Å². The summed E-state index contributed by atoms with van der Waals surface area (Å²) < 4.78 is 16.9. The predicted octanol–water partition coefficient (Wildman–Crippen LogP) is 4.72. The Morgan fingerprint density at radius 3 is 2.40 bits per heavy atom. The minimum Gasteiger partial charge on any atom is -0.456 e. The predicted molar refractivity (Wildman–Crippen MR) is 113 cm³/mol. The third kappa shape index (κ3) is 3.34. The smallest absolute Gasteiger partial charge is 0.289 e. The Hall–Kier alpha value is -3.21. The van der Waals surface area contributed by atoms with Crippen molar-refractivity contribution in [2.45, 2.75) is 40.2 Å². The van der Waals surface area contributed by atoms with E-state index in [1.165, 1.54) is 27.8 Å². The maximum absolute atomic E-state index is 13.1. The fourth-order valence-electron chi connectivity index (χ4n) is 4.53. The Balaban J connectivity index is 1.33. The molecule has 2 aliphatic rings. The van der Waals surface area contributed by atoms with E-state index in [9.17, 15) is 4.79 Å². The average molecular weight is 403 g/mol. The van der Waals surface area contributed by atoms with Crippen LogP contribution < -0.4 is 9.47 Å². The molecule has 0 saturated carbocycles. The fourth-order valence-corrected chi connectivity index (χ4v) is 4.53. The topological polar surface area (TPSA) is 51.9 Å². The summed E-state index contributed by atoms with van der Waals surface area (Å²) in [5.41, 5.74) is 7.35. The van der Waals surface area contributed by atoms with Crippen LogP contribution in [0.25, 0.3) is 0 Å². The van der Waals surface area contributed by atoms with Gasteiger partial charge >= 0.3 is 0 Å². The number of furan rings is 1. The van der Waals surface area contributed by atoms with Crippen molar-refractivity contribution in [3.63, 3.8) is 0 Å². The van der Waals surface area contributed by atoms with E-state index in [1.54, 1.807) is 6.07 Å². The molecule has 0 fully saturated rings. The second kappa shape index (κ2) is 7.24. The molecule has 0 bridgehead atoms. The van der Waals surface area contributed by atoms with Crippen LogP contribution in [0.15, 0.2) is 40.8 Å². The first-order chi connectivity index (χ1) is 14.5. The van der Waals surface area contributed by atoms with Crippen molar-refractivity contribution in [1.82, 2.24) is 4.90 Å². The van der Waals surface area contributed by atoms with E-state index in [-0.39, 0.29) is 12.7 Å². The lowest BCUT2D eigenvalue weighted by Crippen LogP contribution is -2.35. The highest BCUT2D eigenvalue weighted by Crippen LogP contribution is 2.37. The van der Waals surface area contributed by atoms with Gasteiger partial charge in [-0.05, 0) is 79.3 Å². The first-order valence-corrected chi connectivity index (χ1v) is 10.3. The average Bonchev–Trinajstić information content (AvgIpc) is 3.37. The Labute approximate surface area is 176 Å². The Morgan fingerprint density at radius 1 is 0.967 bits per heavy atom. The van der Waals surface area contributed by atoms with Gasteiger partial charge in [0.2, 0.25) is 6.79 Å². The van der Waals surface area contributed by atoms with Crippen molar-refractivity contribution in [3.05, 3.63) is 81.3 Å². The van der Waals surface area contributed by atoms with Gasteiger partial charge in [0.25, 0.3) is 5.91 Å². The molecular formula is C25H25NO4. The molecule has 154 valence electrons. The van der Waals surface area contributed by atoms with Crippen molar-refractivity contribution < 1.29 is 18.7 Å². The van der Waals surface area contributed by atoms with Crippen LogP contribution in [-0.4, -0.2) is 24.1 Å². The zero-order valence-corrected chi connectivity index (χ0v) is 17.6. The van der Waals surface area contributed by atoms with Gasteiger partial charge in [-0.2, -0.15) is 0 Å². The number of benzene rings is 2. The molecule has 0 spiro atoms. The van der Waals surface area contributed by atoms with Crippen molar-refractivity contribution >= 4 is 5.91 Å². The number of nitrogens with zero attached hydrogens (tertiary/aromatic N) is 1. The minimum absolute atomic E-state index is 0.0677. The van der Waals surface area contributed by atoms with Crippen LogP contribution in [0.1, 0.15) is 49.7 Å². The second-order valence-corrected chi connectivity index (χ2v) is 8.27. The number of carbonyl (C=O) groups is 1. The van der Waals surface area contributed by atoms with E-state index >= 15 is 0 Å². The van der Waals surface area contributed by atoms with E-state index in [1.807, 2.05) is 23.1 Å². The largest absolute Gasteiger partial charge is 0.456 e. The molecule has 0 aliphatic carbocycles. The maximum Gasteiger partial charge on any atom is 0.289 e. The lowest BCUT2D eigenvalue weighted by molar-refractivity contribution is 0.0700. The number of amides is 1. The molecule has 0 unspecified atom stereocenters. The summed E-state index contributed by atoms with van der Waals surface area (Å²) in [5, 5.41) is 0. The molecule has 5 nitrogen and oxygen atoms in total. The molecule has 3 heterocycles. The van der Waals surface area contributed by atoms with E-state index in [0.717, 1.165) is 29.2 Å². The zero-order chi connectivity index (χ0) is 20.8. The highest BCUT2D eigenvalue weighted by atomic mass is 16.7. The first kappa shape index (κ1) is 18.8. The number of ether oxygens (including phenoxy) is 2. The molecule has 5 rings (SSSR count). The number of rotatable bonds is 3. The number of hydrogen-bond acceptors (Lipinski definition) is 4. The van der Waals surface area contributed by atoms with Crippen LogP contribution in [-0.2, 0) is 19.4 Å². The monoisotopic (exact) mass is 403 g/mol. The fraction of sp³-hybridized carbons (Fsp3) is 0.320. The van der Waals surface area contributed by atoms with Crippen LogP contribution in [0.5, 0.6) is 11.5 Å². The van der Waals surface area contributed by atoms with Gasteiger partial charge in [-0.1, -0.05) is 17.7 Å². The minimum atomic E-state index is -0.0677. The summed E-state index contributed by atoms with van der Waals surface area (Å²) in [7, 11) is 0. The lowest BCUT2D eigenvalue weighted by atomic mass is 9.96. The van der Waals surface area contributed by atoms with E-state index in [4.69, 9.17) is 13.9 Å². The zero-order valence-electron chi connectivity index (χ0n) is 17.6. The molecular weight excluding hydrogens is 378 g/mol. The van der Waals surface area contributed by atoms with Gasteiger partial charge in [0.15, 0.2) is 17.3 Å². The molecule has 0 radical (unpaired) electrons. The molecule has 0 N–H and O–H groups in total. The van der Waals surface area contributed by atoms with Crippen LogP contribution >= 0.6 is 0 Å². The van der Waals surface area contributed by atoms with Crippen molar-refractivity contribution in [1.29, 1.82) is 0 Å². The number of aryl methyl sites for hydroxylation is 3. The van der Waals surface area contributed by atoms with E-state index in [0.29, 0.717) is 25.3 Å². The summed E-state index contributed by atoms with van der Waals surface area (Å²) in [6.07, 6.45) is 1.49. The summed E-state index contributed by atoms with van der Waals surface area (Å²) >= 11 is 0. The van der Waals surface area contributed by atoms with Crippen LogP contribution in [0.4, 0.5) is 0 Å². The number of fused-ring (bicyclic) bond motifs is 2. The third-order valence-electron chi connectivity index (χ3n) is 6.06. The van der Waals surface area contributed by atoms with Crippen LogP contribution in [0.3, 0.4) is 0 Å². The normalized spacial score (nSPS) is 14.7. The summed E-state index contributed by atoms with van der Waals surface area (Å²) in [6.45, 7) is 7.84. The quantitative estimate of drug-likeness (QED) is 0.635. The van der Waals surface area contributed by atoms with Gasteiger partial charge in [-0.25, -0.2) is 0 Å². The molecule has 5 heteroatoms. The van der Waals surface area contributed by atoms with Crippen molar-refractivity contribution in [2.24, 2.45) is 0 Å². The SMILES string of the molecule is Cc1cc(C)c(Cc2ccc(C(=O)N3CCc4cc5c(cc4C3)OCO5)o2)c(C)c1. The molecule has 1 aromatic heterocycles. The van der Waals surface area contributed by atoms with Gasteiger partial charge in [-0.3, -0.25) is 4.79 Å². The Bertz CT molecular complexity index is 1120. The molecule has 30 heavy (non-hydrogen) atoms. The van der Waals surface area contributed by atoms with Crippen molar-refractivity contribution in [2.75, 3.05) is 13.3 Å². The summed E-state index contributed by atoms with van der Waals surface area (Å²) in [5.74, 6) is 2.70. The standard InChI is InChI=1S/C25H25NO4/c1-15-8-16(2)21(17(3)9-15)12-20-4-5-22(30-20)25(27)26-7-6-18-10-23-24(29-14-28-23)11-19(18)13-26/h4-5,8-11H,6-7,12-14H2,1-3H3. The van der Waals surface area contributed by atoms with Crippen LogP contribution in [0.2, 0.25) is 0 Å². The summed E-state index contributed by atoms with van der Waals surface area (Å²) in [4.78, 5) is 14.9. The van der Waals surface area contributed by atoms with Gasteiger partial charge in [0.1, 0.15) is 5.76 Å². The molecule has 0 saturated heterocycles. The number of carbonyl (C=O) groups excluding carboxylic acids is 1. The number of hydrogen-bond donors (Lipinski definition) is 0. The Morgan fingerprint density at radius 2 is 1.67 bits per heavy atom. The van der Waals surface area contributed by atoms with Crippen LogP contribution in [0, 0.1) is 20.8 Å². The first-order valence-electron chi connectivity index (χ1n) is 10.3. The van der Waals surface area contributed by atoms with Crippen molar-refractivity contribution in [3.8, 4) is 11.5 Å². The molecule has 2 aromatic carbocycles. The molecule has 3 aromatic rings. The van der Waals surface area contributed by atoms with Gasteiger partial charge < -0.3 is 18.8 Å².